The Hall–Kier alpha value is -2.85. The maximum Gasteiger partial charge on any atom is 0.421 e. The van der Waals surface area contributed by atoms with Gasteiger partial charge >= 0.3 is 6.18 Å². The second-order valence-corrected chi connectivity index (χ2v) is 7.30. The molecule has 0 saturated heterocycles. The molecule has 29 heavy (non-hydrogen) atoms. The normalized spacial score (nSPS) is 12.2. The van der Waals surface area contributed by atoms with Crippen LogP contribution in [0.15, 0.2) is 12.4 Å². The number of carbonyl (C=O) groups is 1. The number of halogens is 3. The molecule has 3 N–H and O–H groups in total. The zero-order valence-corrected chi connectivity index (χ0v) is 17.3. The van der Waals surface area contributed by atoms with E-state index in [1.54, 1.807) is 20.0 Å². The van der Waals surface area contributed by atoms with Crippen molar-refractivity contribution in [3.8, 4) is 0 Å². The quantitative estimate of drug-likeness (QED) is 0.645. The van der Waals surface area contributed by atoms with E-state index < -0.39 is 17.3 Å². The number of nitrogens with one attached hydrogen (secondary N) is 3. The third-order valence-electron chi connectivity index (χ3n) is 4.25. The molecule has 0 spiro atoms. The fraction of sp³-hybridized carbons (Fsp3) is 0.556. The SMILES string of the molecule is CCc1nn(C(C)(C)C(=O)NC(C)C)cc1Nc1ncc(C(F)(F)F)c(NC)n1. The van der Waals surface area contributed by atoms with Gasteiger partial charge in [-0.25, -0.2) is 4.98 Å². The minimum absolute atomic E-state index is 0.0129. The van der Waals surface area contributed by atoms with Crippen LogP contribution < -0.4 is 16.0 Å². The van der Waals surface area contributed by atoms with Crippen molar-refractivity contribution in [3.05, 3.63) is 23.7 Å². The van der Waals surface area contributed by atoms with Crippen LogP contribution in [0.1, 0.15) is 45.9 Å². The summed E-state index contributed by atoms with van der Waals surface area (Å²) >= 11 is 0. The average Bonchev–Trinajstić information content (AvgIpc) is 3.03. The van der Waals surface area contributed by atoms with Crippen molar-refractivity contribution < 1.29 is 18.0 Å². The molecule has 0 saturated carbocycles. The molecular formula is C18H26F3N7O. The molecule has 2 heterocycles. The smallest absolute Gasteiger partial charge is 0.372 e. The van der Waals surface area contributed by atoms with E-state index in [1.807, 2.05) is 20.8 Å². The van der Waals surface area contributed by atoms with Crippen LogP contribution in [0.4, 0.5) is 30.6 Å². The molecule has 0 radical (unpaired) electrons. The fourth-order valence-electron chi connectivity index (χ4n) is 2.56. The van der Waals surface area contributed by atoms with E-state index in [0.29, 0.717) is 17.8 Å². The molecule has 0 aliphatic rings. The largest absolute Gasteiger partial charge is 0.421 e. The molecule has 0 aliphatic heterocycles. The van der Waals surface area contributed by atoms with E-state index in [1.165, 1.54) is 11.7 Å². The number of alkyl halides is 3. The maximum atomic E-state index is 13.0. The Morgan fingerprint density at radius 1 is 1.28 bits per heavy atom. The first-order valence-electron chi connectivity index (χ1n) is 9.19. The number of rotatable bonds is 7. The number of anilines is 3. The van der Waals surface area contributed by atoms with Crippen molar-refractivity contribution in [1.29, 1.82) is 0 Å². The van der Waals surface area contributed by atoms with Gasteiger partial charge in [0.1, 0.15) is 16.9 Å². The summed E-state index contributed by atoms with van der Waals surface area (Å²) in [6.07, 6.45) is -1.68. The summed E-state index contributed by atoms with van der Waals surface area (Å²) in [6, 6.07) is -0.0268. The third kappa shape index (κ3) is 4.96. The molecule has 0 atom stereocenters. The number of carbonyl (C=O) groups excluding carboxylic acids is 1. The molecule has 0 bridgehead atoms. The second kappa shape index (κ2) is 8.26. The zero-order valence-electron chi connectivity index (χ0n) is 17.3. The fourth-order valence-corrected chi connectivity index (χ4v) is 2.56. The molecule has 2 aromatic rings. The first-order chi connectivity index (χ1) is 13.4. The third-order valence-corrected chi connectivity index (χ3v) is 4.25. The Bertz CT molecular complexity index is 875. The number of amides is 1. The minimum atomic E-state index is -4.57. The van der Waals surface area contributed by atoms with E-state index >= 15 is 0 Å². The van der Waals surface area contributed by atoms with Crippen LogP contribution in [0.5, 0.6) is 0 Å². The summed E-state index contributed by atoms with van der Waals surface area (Å²) in [5, 5.41) is 12.7. The van der Waals surface area contributed by atoms with Gasteiger partial charge in [0.15, 0.2) is 0 Å². The lowest BCUT2D eigenvalue weighted by Crippen LogP contribution is -2.47. The monoisotopic (exact) mass is 413 g/mol. The molecule has 2 aromatic heterocycles. The topological polar surface area (TPSA) is 96.8 Å². The first-order valence-corrected chi connectivity index (χ1v) is 9.19. The van der Waals surface area contributed by atoms with Crippen molar-refractivity contribution in [2.75, 3.05) is 17.7 Å². The molecule has 0 fully saturated rings. The molecule has 160 valence electrons. The van der Waals surface area contributed by atoms with Crippen LogP contribution in [0.2, 0.25) is 0 Å². The summed E-state index contributed by atoms with van der Waals surface area (Å²) < 4.78 is 40.6. The van der Waals surface area contributed by atoms with Gasteiger partial charge in [-0.2, -0.15) is 23.3 Å². The lowest BCUT2D eigenvalue weighted by atomic mass is 10.0. The molecule has 11 heteroatoms. The number of nitrogens with zero attached hydrogens (tertiary/aromatic N) is 4. The molecule has 2 rings (SSSR count). The molecular weight excluding hydrogens is 387 g/mol. The predicted molar refractivity (Wildman–Crippen MR) is 104 cm³/mol. The van der Waals surface area contributed by atoms with Crippen LogP contribution in [-0.4, -0.2) is 38.7 Å². The Morgan fingerprint density at radius 2 is 1.93 bits per heavy atom. The lowest BCUT2D eigenvalue weighted by molar-refractivity contribution is -0.137. The van der Waals surface area contributed by atoms with Crippen molar-refractivity contribution in [1.82, 2.24) is 25.1 Å². The highest BCUT2D eigenvalue weighted by molar-refractivity contribution is 5.83. The Labute approximate surface area is 167 Å². The summed E-state index contributed by atoms with van der Waals surface area (Å²) in [4.78, 5) is 20.2. The van der Waals surface area contributed by atoms with Crippen LogP contribution in [0, 0.1) is 0 Å². The van der Waals surface area contributed by atoms with Gasteiger partial charge in [0.25, 0.3) is 0 Å². The summed E-state index contributed by atoms with van der Waals surface area (Å²) in [7, 11) is 1.35. The van der Waals surface area contributed by atoms with Crippen LogP contribution >= 0.6 is 0 Å². The van der Waals surface area contributed by atoms with Gasteiger partial charge in [-0.05, 0) is 34.1 Å². The summed E-state index contributed by atoms with van der Waals surface area (Å²) in [5.41, 5.74) is -0.779. The maximum absolute atomic E-state index is 13.0. The van der Waals surface area contributed by atoms with Crippen molar-refractivity contribution >= 4 is 23.4 Å². The first kappa shape index (κ1) is 22.4. The molecule has 8 nitrogen and oxygen atoms in total. The second-order valence-electron chi connectivity index (χ2n) is 7.30. The predicted octanol–water partition coefficient (Wildman–Crippen LogP) is 3.30. The molecule has 1 amide bonds. The Balaban J connectivity index is 2.36. The van der Waals surface area contributed by atoms with Crippen molar-refractivity contribution in [2.24, 2.45) is 0 Å². The van der Waals surface area contributed by atoms with Gasteiger partial charge in [-0.3, -0.25) is 9.48 Å². The number of hydrogen-bond donors (Lipinski definition) is 3. The van der Waals surface area contributed by atoms with E-state index in [4.69, 9.17) is 0 Å². The van der Waals surface area contributed by atoms with Crippen molar-refractivity contribution in [2.45, 2.75) is 58.8 Å². The van der Waals surface area contributed by atoms with Crippen LogP contribution in [0.25, 0.3) is 0 Å². The highest BCUT2D eigenvalue weighted by atomic mass is 19.4. The zero-order chi connectivity index (χ0) is 22.0. The number of aromatic nitrogens is 4. The Morgan fingerprint density at radius 3 is 2.45 bits per heavy atom. The Kier molecular flexibility index (Phi) is 6.39. The highest BCUT2D eigenvalue weighted by Crippen LogP contribution is 2.34. The van der Waals surface area contributed by atoms with Crippen molar-refractivity contribution in [3.63, 3.8) is 0 Å². The summed E-state index contributed by atoms with van der Waals surface area (Å²) in [6.45, 7) is 9.07. The number of hydrogen-bond acceptors (Lipinski definition) is 6. The molecule has 0 aromatic carbocycles. The van der Waals surface area contributed by atoms with Crippen LogP contribution in [0.3, 0.4) is 0 Å². The van der Waals surface area contributed by atoms with Gasteiger partial charge in [-0.1, -0.05) is 6.92 Å². The summed E-state index contributed by atoms with van der Waals surface area (Å²) in [5.74, 6) is -0.550. The minimum Gasteiger partial charge on any atom is -0.372 e. The van der Waals surface area contributed by atoms with E-state index in [-0.39, 0.29) is 23.7 Å². The molecule has 0 unspecified atom stereocenters. The average molecular weight is 413 g/mol. The highest BCUT2D eigenvalue weighted by Gasteiger charge is 2.35. The van der Waals surface area contributed by atoms with E-state index in [9.17, 15) is 18.0 Å². The van der Waals surface area contributed by atoms with E-state index in [0.717, 1.165) is 6.20 Å². The van der Waals surface area contributed by atoms with Gasteiger partial charge in [0.2, 0.25) is 11.9 Å². The van der Waals surface area contributed by atoms with Gasteiger partial charge in [-0.15, -0.1) is 0 Å². The van der Waals surface area contributed by atoms with E-state index in [2.05, 4.69) is 31.0 Å². The standard InChI is InChI=1S/C18H26F3N7O/c1-7-12-13(9-28(27-12)17(4,5)15(29)24-10(2)3)25-16-23-8-11(18(19,20)21)14(22-6)26-16/h8-10H,7H2,1-6H3,(H,24,29)(H2,22,23,25,26). The van der Waals surface area contributed by atoms with Crippen LogP contribution in [-0.2, 0) is 22.9 Å². The van der Waals surface area contributed by atoms with Gasteiger partial charge in [0.05, 0.1) is 17.6 Å². The van der Waals surface area contributed by atoms with Gasteiger partial charge in [0, 0.05) is 19.3 Å². The molecule has 0 aliphatic carbocycles. The van der Waals surface area contributed by atoms with Gasteiger partial charge < -0.3 is 16.0 Å². The number of aryl methyl sites for hydroxylation is 1. The lowest BCUT2D eigenvalue weighted by Gasteiger charge is -2.25.